The summed E-state index contributed by atoms with van der Waals surface area (Å²) in [4.78, 5) is 0. The summed E-state index contributed by atoms with van der Waals surface area (Å²) in [6.45, 7) is -3.21. The van der Waals surface area contributed by atoms with Crippen molar-refractivity contribution in [2.75, 3.05) is 26.4 Å². The summed E-state index contributed by atoms with van der Waals surface area (Å²) in [6.07, 6.45) is -15.7. The molecule has 0 saturated carbocycles. The summed E-state index contributed by atoms with van der Waals surface area (Å²) in [7, 11) is 0. The Kier molecular flexibility index (Phi) is 8.42. The zero-order chi connectivity index (χ0) is 27.2. The fourth-order valence-corrected chi connectivity index (χ4v) is 1.96. The Morgan fingerprint density at radius 3 is 1.53 bits per heavy atom. The van der Waals surface area contributed by atoms with Crippen molar-refractivity contribution in [3.8, 4) is 0 Å². The number of rotatable bonds is 14. The van der Waals surface area contributed by atoms with Gasteiger partial charge in [0, 0.05) is 0 Å². The van der Waals surface area contributed by atoms with Crippen LogP contribution in [0.2, 0.25) is 0 Å². The minimum absolute atomic E-state index is 0.188. The van der Waals surface area contributed by atoms with E-state index in [1.54, 1.807) is 0 Å². The van der Waals surface area contributed by atoms with Crippen LogP contribution in [0.5, 0.6) is 0 Å². The molecule has 1 fully saturated rings. The van der Waals surface area contributed by atoms with Gasteiger partial charge in [0.1, 0.15) is 12.2 Å². The fourth-order valence-electron chi connectivity index (χ4n) is 1.96. The van der Waals surface area contributed by atoms with E-state index >= 15 is 0 Å². The number of hydrogen-bond donors (Lipinski definition) is 1. The number of halogens is 16. The van der Waals surface area contributed by atoms with E-state index in [2.05, 4.69) is 14.2 Å². The highest BCUT2D eigenvalue weighted by Crippen LogP contribution is 2.62. The molecule has 0 bridgehead atoms. The van der Waals surface area contributed by atoms with Crippen LogP contribution < -0.4 is 0 Å². The minimum Gasteiger partial charge on any atom is -0.388 e. The van der Waals surface area contributed by atoms with Crippen molar-refractivity contribution in [2.24, 2.45) is 0 Å². The molecule has 1 N–H and O–H groups in total. The molecular formula is C14H12F16O4. The first-order chi connectivity index (χ1) is 14.9. The molecule has 0 aromatic rings. The third kappa shape index (κ3) is 4.99. The molecule has 0 amide bonds. The molecule has 0 radical (unpaired) electrons. The molecule has 34 heavy (non-hydrogen) atoms. The maximum atomic E-state index is 13.5. The van der Waals surface area contributed by atoms with Crippen LogP contribution in [0.1, 0.15) is 0 Å². The van der Waals surface area contributed by atoms with Gasteiger partial charge < -0.3 is 19.3 Å². The largest absolute Gasteiger partial charge is 0.426 e. The summed E-state index contributed by atoms with van der Waals surface area (Å²) < 4.78 is 222. The van der Waals surface area contributed by atoms with Crippen molar-refractivity contribution in [3.05, 3.63) is 0 Å². The van der Waals surface area contributed by atoms with Gasteiger partial charge in [-0.15, -0.1) is 0 Å². The van der Waals surface area contributed by atoms with Gasteiger partial charge in [-0.1, -0.05) is 0 Å². The van der Waals surface area contributed by atoms with Gasteiger partial charge >= 0.3 is 48.1 Å². The van der Waals surface area contributed by atoms with Crippen LogP contribution in [0.25, 0.3) is 0 Å². The lowest BCUT2D eigenvalue weighted by Gasteiger charge is -2.42. The summed E-state index contributed by atoms with van der Waals surface area (Å²) in [5.41, 5.74) is 0. The number of alkyl halides is 16. The molecule has 2 atom stereocenters. The Morgan fingerprint density at radius 1 is 0.706 bits per heavy atom. The summed E-state index contributed by atoms with van der Waals surface area (Å²) in [5.74, 6) is -48.8. The molecule has 2 unspecified atom stereocenters. The van der Waals surface area contributed by atoms with Crippen LogP contribution in [-0.4, -0.2) is 91.8 Å². The van der Waals surface area contributed by atoms with Crippen molar-refractivity contribution in [1.29, 1.82) is 0 Å². The van der Waals surface area contributed by atoms with Crippen LogP contribution in [0.3, 0.4) is 0 Å². The van der Waals surface area contributed by atoms with E-state index in [1.807, 2.05) is 0 Å². The topological polar surface area (TPSA) is 51.2 Å². The molecule has 1 saturated heterocycles. The van der Waals surface area contributed by atoms with E-state index in [0.29, 0.717) is 0 Å². The third-order valence-corrected chi connectivity index (χ3v) is 4.11. The molecule has 1 aliphatic rings. The molecule has 4 nitrogen and oxygen atoms in total. The zero-order valence-corrected chi connectivity index (χ0v) is 15.8. The van der Waals surface area contributed by atoms with E-state index in [0.717, 1.165) is 0 Å². The van der Waals surface area contributed by atoms with Gasteiger partial charge in [-0.2, -0.15) is 61.5 Å². The van der Waals surface area contributed by atoms with Crippen molar-refractivity contribution in [1.82, 2.24) is 0 Å². The molecular weight excluding hydrogens is 536 g/mol. The number of aliphatic hydroxyl groups is 1. The maximum absolute atomic E-state index is 13.5. The first-order valence-electron chi connectivity index (χ1n) is 8.36. The van der Waals surface area contributed by atoms with Gasteiger partial charge in [0.15, 0.2) is 0 Å². The molecule has 0 spiro atoms. The summed E-state index contributed by atoms with van der Waals surface area (Å²) in [6, 6.07) is 0. The van der Waals surface area contributed by atoms with E-state index < -0.39 is 73.5 Å². The van der Waals surface area contributed by atoms with Crippen LogP contribution in [0.4, 0.5) is 70.2 Å². The Morgan fingerprint density at radius 2 is 1.12 bits per heavy atom. The molecule has 0 aromatic carbocycles. The summed E-state index contributed by atoms with van der Waals surface area (Å²) >= 11 is 0. The highest BCUT2D eigenvalue weighted by atomic mass is 19.4. The van der Waals surface area contributed by atoms with Crippen molar-refractivity contribution in [3.63, 3.8) is 0 Å². The van der Waals surface area contributed by atoms with Crippen LogP contribution in [0.15, 0.2) is 0 Å². The molecule has 1 rings (SSSR count). The van der Waals surface area contributed by atoms with Crippen molar-refractivity contribution in [2.45, 2.75) is 60.3 Å². The molecule has 1 aliphatic heterocycles. The standard InChI is InChI=1S/C14H12F16O4/c15-7(16)8(17,18)9(19,20)10(21,22)11(23,24)12(25,26)13(27,28)14(29,30)34-2-5(31)1-32-3-6-4-33-6/h5-7,31H,1-4H2. The monoisotopic (exact) mass is 548 g/mol. The number of aliphatic hydroxyl groups excluding tert-OH is 1. The molecule has 0 aliphatic carbocycles. The lowest BCUT2D eigenvalue weighted by Crippen LogP contribution is -2.74. The Balaban J connectivity index is 3.15. The Bertz CT molecular complexity index is 693. The van der Waals surface area contributed by atoms with E-state index in [9.17, 15) is 75.4 Å². The van der Waals surface area contributed by atoms with Crippen LogP contribution >= 0.6 is 0 Å². The number of epoxide rings is 1. The smallest absolute Gasteiger partial charge is 0.388 e. The fraction of sp³-hybridized carbons (Fsp3) is 1.00. The van der Waals surface area contributed by atoms with Gasteiger partial charge in [-0.25, -0.2) is 8.78 Å². The highest BCUT2D eigenvalue weighted by Gasteiger charge is 2.94. The maximum Gasteiger partial charge on any atom is 0.426 e. The number of ether oxygens (including phenoxy) is 3. The van der Waals surface area contributed by atoms with Crippen LogP contribution in [0, 0.1) is 0 Å². The predicted octanol–water partition coefficient (Wildman–Crippen LogP) is 4.45. The van der Waals surface area contributed by atoms with Crippen molar-refractivity contribution >= 4 is 0 Å². The lowest BCUT2D eigenvalue weighted by atomic mass is 9.91. The second-order valence-electron chi connectivity index (χ2n) is 6.77. The molecule has 20 heteroatoms. The first kappa shape index (κ1) is 30.8. The van der Waals surface area contributed by atoms with Gasteiger partial charge in [0.05, 0.1) is 26.4 Å². The highest BCUT2D eigenvalue weighted by molar-refractivity contribution is 5.13. The predicted molar refractivity (Wildman–Crippen MR) is 73.2 cm³/mol. The van der Waals surface area contributed by atoms with Gasteiger partial charge in [-0.3, -0.25) is 0 Å². The third-order valence-electron chi connectivity index (χ3n) is 4.11. The van der Waals surface area contributed by atoms with Gasteiger partial charge in [0.25, 0.3) is 0 Å². The molecule has 1 heterocycles. The van der Waals surface area contributed by atoms with E-state index in [1.165, 1.54) is 0 Å². The number of hydrogen-bond acceptors (Lipinski definition) is 4. The van der Waals surface area contributed by atoms with Crippen LogP contribution in [-0.2, 0) is 14.2 Å². The molecule has 0 aromatic heterocycles. The average molecular weight is 548 g/mol. The molecule has 204 valence electrons. The van der Waals surface area contributed by atoms with Gasteiger partial charge in [-0.05, 0) is 0 Å². The Hall–Kier alpha value is -1.28. The van der Waals surface area contributed by atoms with Gasteiger partial charge in [0.2, 0.25) is 0 Å². The van der Waals surface area contributed by atoms with E-state index in [-0.39, 0.29) is 13.2 Å². The average Bonchev–Trinajstić information content (AvgIpc) is 3.49. The summed E-state index contributed by atoms with van der Waals surface area (Å²) in [5, 5.41) is 9.17. The normalized spacial score (nSPS) is 20.1. The Labute approximate surface area is 177 Å². The zero-order valence-electron chi connectivity index (χ0n) is 15.8. The lowest BCUT2D eigenvalue weighted by molar-refractivity contribution is -0.470. The second-order valence-corrected chi connectivity index (χ2v) is 6.77. The van der Waals surface area contributed by atoms with Crippen molar-refractivity contribution < 1.29 is 89.6 Å². The first-order valence-corrected chi connectivity index (χ1v) is 8.36. The minimum atomic E-state index is -8.50. The quantitative estimate of drug-likeness (QED) is 0.258. The SMILES string of the molecule is OC(COCC1CO1)COC(F)(F)C(F)(F)C(F)(F)C(F)(F)C(F)(F)C(F)(F)C(F)(F)C(F)F. The second kappa shape index (κ2) is 9.30. The van der Waals surface area contributed by atoms with E-state index in [4.69, 9.17) is 0 Å².